The molecule has 3 rings (SSSR count). The lowest BCUT2D eigenvalue weighted by Gasteiger charge is -2.20. The Bertz CT molecular complexity index is 1230. The van der Waals surface area contributed by atoms with Crippen LogP contribution >= 0.6 is 0 Å². The van der Waals surface area contributed by atoms with Gasteiger partial charge in [0.25, 0.3) is 0 Å². The van der Waals surface area contributed by atoms with E-state index in [4.69, 9.17) is 14.2 Å². The van der Waals surface area contributed by atoms with Gasteiger partial charge in [-0.05, 0) is 51.1 Å². The number of carbonyl (C=O) groups is 3. The summed E-state index contributed by atoms with van der Waals surface area (Å²) >= 11 is 0. The van der Waals surface area contributed by atoms with Gasteiger partial charge in [-0.15, -0.1) is 0 Å². The number of methoxy groups -OCH3 is 2. The van der Waals surface area contributed by atoms with E-state index in [0.717, 1.165) is 26.4 Å². The summed E-state index contributed by atoms with van der Waals surface area (Å²) in [6, 6.07) is 12.0. The molecule has 1 N–H and O–H groups in total. The molecule has 0 atom stereocenters. The Balaban J connectivity index is 2.28. The van der Waals surface area contributed by atoms with Crippen LogP contribution in [0.4, 0.5) is 14.9 Å². The Hall–Kier alpha value is -4.21. The third kappa shape index (κ3) is 5.22. The number of nitrogens with one attached hydrogen (secondary N) is 1. The van der Waals surface area contributed by atoms with Gasteiger partial charge in [-0.3, -0.25) is 5.32 Å². The molecule has 3 aromatic rings. The SMILES string of the molecule is COC(=O)c1c(-c2cc(F)ccc2NC(=O)OC(C)(C)C)nn(-c2ccccc2)c1C(=O)OC. The second-order valence-corrected chi connectivity index (χ2v) is 8.12. The topological polar surface area (TPSA) is 109 Å². The molecule has 0 aliphatic heterocycles. The van der Waals surface area contributed by atoms with Crippen LogP contribution in [0.25, 0.3) is 16.9 Å². The monoisotopic (exact) mass is 469 g/mol. The van der Waals surface area contributed by atoms with Crippen molar-refractivity contribution in [2.75, 3.05) is 19.5 Å². The number of para-hydroxylation sites is 1. The van der Waals surface area contributed by atoms with Crippen molar-refractivity contribution in [1.29, 1.82) is 0 Å². The van der Waals surface area contributed by atoms with Gasteiger partial charge in [0.05, 0.1) is 25.6 Å². The maximum absolute atomic E-state index is 14.3. The van der Waals surface area contributed by atoms with Gasteiger partial charge in [-0.2, -0.15) is 5.10 Å². The van der Waals surface area contributed by atoms with Crippen molar-refractivity contribution in [3.05, 3.63) is 65.6 Å². The van der Waals surface area contributed by atoms with E-state index < -0.39 is 29.5 Å². The summed E-state index contributed by atoms with van der Waals surface area (Å²) in [4.78, 5) is 37.9. The number of amides is 1. The molecule has 9 nitrogen and oxygen atoms in total. The Morgan fingerprint density at radius 1 is 0.971 bits per heavy atom. The van der Waals surface area contributed by atoms with E-state index in [9.17, 15) is 18.8 Å². The zero-order chi connectivity index (χ0) is 25.0. The highest BCUT2D eigenvalue weighted by atomic mass is 19.1. The lowest BCUT2D eigenvalue weighted by Crippen LogP contribution is -2.27. The molecule has 1 aromatic heterocycles. The van der Waals surface area contributed by atoms with Gasteiger partial charge in [-0.1, -0.05) is 18.2 Å². The molecule has 0 aliphatic rings. The fourth-order valence-electron chi connectivity index (χ4n) is 3.18. The third-order valence-electron chi connectivity index (χ3n) is 4.53. The standard InChI is InChI=1S/C24H24FN3O6/c1-24(2,3)34-23(31)26-17-12-11-14(25)13-16(17)19-18(21(29)32-4)20(22(30)33-5)28(27-19)15-9-7-6-8-10-15/h6-13H,1-5H3,(H,26,31). The average molecular weight is 469 g/mol. The number of halogens is 1. The van der Waals surface area contributed by atoms with Gasteiger partial charge < -0.3 is 14.2 Å². The minimum Gasteiger partial charge on any atom is -0.465 e. The van der Waals surface area contributed by atoms with Crippen molar-refractivity contribution in [1.82, 2.24) is 9.78 Å². The average Bonchev–Trinajstić information content (AvgIpc) is 3.19. The predicted molar refractivity (Wildman–Crippen MR) is 121 cm³/mol. The van der Waals surface area contributed by atoms with Crippen LogP contribution in [0.15, 0.2) is 48.5 Å². The summed E-state index contributed by atoms with van der Waals surface area (Å²) in [5, 5.41) is 6.97. The maximum atomic E-state index is 14.3. The van der Waals surface area contributed by atoms with Crippen molar-refractivity contribution in [2.45, 2.75) is 26.4 Å². The summed E-state index contributed by atoms with van der Waals surface area (Å²) in [5.74, 6) is -2.42. The Kier molecular flexibility index (Phi) is 7.00. The van der Waals surface area contributed by atoms with Crippen molar-refractivity contribution in [2.24, 2.45) is 0 Å². The zero-order valence-electron chi connectivity index (χ0n) is 19.3. The van der Waals surface area contributed by atoms with E-state index >= 15 is 0 Å². The summed E-state index contributed by atoms with van der Waals surface area (Å²) in [6.45, 7) is 5.08. The summed E-state index contributed by atoms with van der Waals surface area (Å²) in [7, 11) is 2.29. The first kappa shape index (κ1) is 24.4. The first-order chi connectivity index (χ1) is 16.1. The summed E-state index contributed by atoms with van der Waals surface area (Å²) < 4.78 is 30.6. The maximum Gasteiger partial charge on any atom is 0.412 e. The quantitative estimate of drug-likeness (QED) is 0.430. The summed E-state index contributed by atoms with van der Waals surface area (Å²) in [5.41, 5.74) is -0.770. The van der Waals surface area contributed by atoms with Crippen LogP contribution in [0.1, 0.15) is 41.6 Å². The van der Waals surface area contributed by atoms with E-state index in [1.54, 1.807) is 51.1 Å². The molecule has 0 saturated heterocycles. The van der Waals surface area contributed by atoms with Crippen molar-refractivity contribution in [3.8, 4) is 16.9 Å². The second kappa shape index (κ2) is 9.74. The first-order valence-corrected chi connectivity index (χ1v) is 10.2. The lowest BCUT2D eigenvalue weighted by molar-refractivity contribution is 0.0549. The van der Waals surface area contributed by atoms with Crippen molar-refractivity contribution >= 4 is 23.7 Å². The number of hydrogen-bond donors (Lipinski definition) is 1. The zero-order valence-corrected chi connectivity index (χ0v) is 19.3. The lowest BCUT2D eigenvalue weighted by atomic mass is 10.0. The molecule has 0 radical (unpaired) electrons. The minimum absolute atomic E-state index is 0.0334. The number of rotatable bonds is 5. The molecule has 0 spiro atoms. The van der Waals surface area contributed by atoms with Gasteiger partial charge in [0.15, 0.2) is 5.69 Å². The molecule has 2 aromatic carbocycles. The first-order valence-electron chi connectivity index (χ1n) is 10.2. The Morgan fingerprint density at radius 3 is 2.21 bits per heavy atom. The van der Waals surface area contributed by atoms with Gasteiger partial charge >= 0.3 is 18.0 Å². The Morgan fingerprint density at radius 2 is 1.62 bits per heavy atom. The third-order valence-corrected chi connectivity index (χ3v) is 4.53. The number of hydrogen-bond acceptors (Lipinski definition) is 7. The molecule has 0 unspecified atom stereocenters. The molecular formula is C24H24FN3O6. The van der Waals surface area contributed by atoms with Crippen LogP contribution in [-0.4, -0.2) is 47.6 Å². The molecule has 0 saturated carbocycles. The van der Waals surface area contributed by atoms with E-state index in [2.05, 4.69) is 10.4 Å². The molecule has 0 fully saturated rings. The van der Waals surface area contributed by atoms with E-state index in [1.165, 1.54) is 10.7 Å². The molecule has 178 valence electrons. The highest BCUT2D eigenvalue weighted by Crippen LogP contribution is 2.34. The number of anilines is 1. The number of aromatic nitrogens is 2. The smallest absolute Gasteiger partial charge is 0.412 e. The number of esters is 2. The van der Waals surface area contributed by atoms with Crippen LogP contribution in [0.3, 0.4) is 0 Å². The van der Waals surface area contributed by atoms with E-state index in [0.29, 0.717) is 5.69 Å². The van der Waals surface area contributed by atoms with Crippen molar-refractivity contribution < 1.29 is 33.0 Å². The molecule has 0 bridgehead atoms. The number of ether oxygens (including phenoxy) is 3. The fraction of sp³-hybridized carbons (Fsp3) is 0.250. The van der Waals surface area contributed by atoms with Crippen LogP contribution in [0, 0.1) is 5.82 Å². The van der Waals surface area contributed by atoms with Crippen LogP contribution in [0.2, 0.25) is 0 Å². The van der Waals surface area contributed by atoms with Crippen molar-refractivity contribution in [3.63, 3.8) is 0 Å². The van der Waals surface area contributed by atoms with Crippen LogP contribution in [0.5, 0.6) is 0 Å². The number of carbonyl (C=O) groups excluding carboxylic acids is 3. The number of nitrogens with zero attached hydrogens (tertiary/aromatic N) is 2. The predicted octanol–water partition coefficient (Wildman–Crippen LogP) is 4.60. The minimum atomic E-state index is -0.898. The highest BCUT2D eigenvalue weighted by Gasteiger charge is 2.32. The molecule has 10 heteroatoms. The molecule has 1 heterocycles. The fourth-order valence-corrected chi connectivity index (χ4v) is 3.18. The van der Waals surface area contributed by atoms with Crippen LogP contribution < -0.4 is 5.32 Å². The normalized spacial score (nSPS) is 11.0. The van der Waals surface area contributed by atoms with Gasteiger partial charge in [-0.25, -0.2) is 23.5 Å². The number of benzene rings is 2. The van der Waals surface area contributed by atoms with E-state index in [-0.39, 0.29) is 28.2 Å². The van der Waals surface area contributed by atoms with Gasteiger partial charge in [0.1, 0.15) is 22.7 Å². The molecule has 1 amide bonds. The molecule has 0 aliphatic carbocycles. The molecular weight excluding hydrogens is 445 g/mol. The molecule has 34 heavy (non-hydrogen) atoms. The Labute approximate surface area is 195 Å². The second-order valence-electron chi connectivity index (χ2n) is 8.12. The highest BCUT2D eigenvalue weighted by molar-refractivity contribution is 6.08. The van der Waals surface area contributed by atoms with Gasteiger partial charge in [0, 0.05) is 5.56 Å². The largest absolute Gasteiger partial charge is 0.465 e. The van der Waals surface area contributed by atoms with Gasteiger partial charge in [0.2, 0.25) is 0 Å². The van der Waals surface area contributed by atoms with E-state index in [1.807, 2.05) is 0 Å². The van der Waals surface area contributed by atoms with Crippen LogP contribution in [-0.2, 0) is 14.2 Å². The summed E-state index contributed by atoms with van der Waals surface area (Å²) in [6.07, 6.45) is -0.796.